The number of anilines is 1. The molecular formula is C16H23N3O6S. The standard InChI is InChI=1S/C16H23N3O6S/c1-23-4-5-25-7-6-24-3-2-17-11-8-13(20)14(18-9-11)15-19-12(10-26-15)16(21)22/h8-9,12,17,20H,2-7,10H2,1H3,(H,21,22)/t12-/m1/s1. The second-order valence-electron chi connectivity index (χ2n) is 5.34. The van der Waals surface area contributed by atoms with Crippen LogP contribution < -0.4 is 5.32 Å². The van der Waals surface area contributed by atoms with Crippen LogP contribution in [0.5, 0.6) is 5.75 Å². The lowest BCUT2D eigenvalue weighted by Crippen LogP contribution is -2.17. The predicted octanol–water partition coefficient (Wildman–Crippen LogP) is 0.825. The molecule has 0 aromatic carbocycles. The maximum absolute atomic E-state index is 10.9. The van der Waals surface area contributed by atoms with E-state index in [9.17, 15) is 9.90 Å². The summed E-state index contributed by atoms with van der Waals surface area (Å²) in [6, 6.07) is 0.748. The van der Waals surface area contributed by atoms with Crippen molar-refractivity contribution < 1.29 is 29.2 Å². The summed E-state index contributed by atoms with van der Waals surface area (Å²) in [5.41, 5.74) is 0.943. The van der Waals surface area contributed by atoms with Crippen LogP contribution in [0.2, 0.25) is 0 Å². The molecule has 0 amide bonds. The van der Waals surface area contributed by atoms with Crippen molar-refractivity contribution in [3.05, 3.63) is 18.0 Å². The van der Waals surface area contributed by atoms with Gasteiger partial charge in [0, 0.05) is 25.5 Å². The van der Waals surface area contributed by atoms with Crippen LogP contribution in [-0.2, 0) is 19.0 Å². The molecule has 1 aliphatic rings. The van der Waals surface area contributed by atoms with Gasteiger partial charge in [-0.15, -0.1) is 11.8 Å². The van der Waals surface area contributed by atoms with Crippen LogP contribution in [0.1, 0.15) is 5.69 Å². The Kier molecular flexibility index (Phi) is 8.62. The molecule has 0 saturated heterocycles. The van der Waals surface area contributed by atoms with Crippen molar-refractivity contribution in [1.29, 1.82) is 0 Å². The Morgan fingerprint density at radius 2 is 2.04 bits per heavy atom. The van der Waals surface area contributed by atoms with Crippen molar-refractivity contribution in [3.8, 4) is 5.75 Å². The van der Waals surface area contributed by atoms with E-state index in [1.54, 1.807) is 13.3 Å². The van der Waals surface area contributed by atoms with Crippen LogP contribution in [0.25, 0.3) is 0 Å². The number of aromatic nitrogens is 1. The first-order valence-electron chi connectivity index (χ1n) is 8.13. The highest BCUT2D eigenvalue weighted by Crippen LogP contribution is 2.28. The smallest absolute Gasteiger partial charge is 0.329 e. The highest BCUT2D eigenvalue weighted by molar-refractivity contribution is 8.14. The summed E-state index contributed by atoms with van der Waals surface area (Å²) < 4.78 is 15.6. The molecule has 2 rings (SSSR count). The molecule has 0 fully saturated rings. The lowest BCUT2D eigenvalue weighted by molar-refractivity contribution is -0.137. The van der Waals surface area contributed by atoms with E-state index in [1.807, 2.05) is 0 Å². The van der Waals surface area contributed by atoms with Crippen LogP contribution in [0.4, 0.5) is 5.69 Å². The summed E-state index contributed by atoms with van der Waals surface area (Å²) in [4.78, 5) is 19.2. The molecule has 0 saturated carbocycles. The number of hydrogen-bond donors (Lipinski definition) is 3. The molecule has 1 aliphatic heterocycles. The number of pyridine rings is 1. The quantitative estimate of drug-likeness (QED) is 0.449. The number of rotatable bonds is 12. The third-order valence-corrected chi connectivity index (χ3v) is 4.44. The Labute approximate surface area is 155 Å². The monoisotopic (exact) mass is 385 g/mol. The van der Waals surface area contributed by atoms with Gasteiger partial charge in [0.25, 0.3) is 0 Å². The van der Waals surface area contributed by atoms with E-state index in [4.69, 9.17) is 19.3 Å². The minimum absolute atomic E-state index is 0.0419. The van der Waals surface area contributed by atoms with Gasteiger partial charge in [0.05, 0.1) is 44.9 Å². The van der Waals surface area contributed by atoms with Gasteiger partial charge in [0.15, 0.2) is 6.04 Å². The van der Waals surface area contributed by atoms with Crippen molar-refractivity contribution in [2.24, 2.45) is 4.99 Å². The van der Waals surface area contributed by atoms with Crippen molar-refractivity contribution in [2.45, 2.75) is 6.04 Å². The van der Waals surface area contributed by atoms with E-state index in [1.165, 1.54) is 17.8 Å². The Morgan fingerprint density at radius 3 is 2.69 bits per heavy atom. The van der Waals surface area contributed by atoms with Crippen molar-refractivity contribution in [2.75, 3.05) is 57.8 Å². The van der Waals surface area contributed by atoms with Crippen LogP contribution in [0, 0.1) is 0 Å². The SMILES string of the molecule is COCCOCCOCCNc1cnc(C2=N[C@@H](C(=O)O)CS2)c(O)c1. The molecule has 0 bridgehead atoms. The number of carboxylic acid groups (broad SMARTS) is 1. The molecule has 1 aromatic rings. The number of nitrogens with zero attached hydrogens (tertiary/aromatic N) is 2. The molecule has 3 N–H and O–H groups in total. The van der Waals surface area contributed by atoms with E-state index >= 15 is 0 Å². The molecule has 26 heavy (non-hydrogen) atoms. The Bertz CT molecular complexity index is 628. The molecule has 0 aliphatic carbocycles. The zero-order valence-electron chi connectivity index (χ0n) is 14.5. The van der Waals surface area contributed by atoms with Crippen LogP contribution in [0.3, 0.4) is 0 Å². The molecule has 1 aromatic heterocycles. The number of thioether (sulfide) groups is 1. The molecule has 0 unspecified atom stereocenters. The number of ether oxygens (including phenoxy) is 3. The fraction of sp³-hybridized carbons (Fsp3) is 0.562. The Morgan fingerprint density at radius 1 is 1.31 bits per heavy atom. The molecule has 9 nitrogen and oxygen atoms in total. The first kappa shape index (κ1) is 20.4. The normalized spacial score (nSPS) is 16.5. The average Bonchev–Trinajstić information content (AvgIpc) is 3.10. The maximum Gasteiger partial charge on any atom is 0.329 e. The van der Waals surface area contributed by atoms with Crippen molar-refractivity contribution in [1.82, 2.24) is 4.98 Å². The molecule has 1 atom stereocenters. The highest BCUT2D eigenvalue weighted by Gasteiger charge is 2.27. The summed E-state index contributed by atoms with van der Waals surface area (Å²) in [7, 11) is 1.62. The van der Waals surface area contributed by atoms with Crippen LogP contribution >= 0.6 is 11.8 Å². The van der Waals surface area contributed by atoms with Gasteiger partial charge < -0.3 is 29.7 Å². The number of methoxy groups -OCH3 is 1. The van der Waals surface area contributed by atoms with E-state index in [-0.39, 0.29) is 5.75 Å². The zero-order valence-corrected chi connectivity index (χ0v) is 15.3. The van der Waals surface area contributed by atoms with Gasteiger partial charge in [-0.2, -0.15) is 0 Å². The molecule has 0 spiro atoms. The molecular weight excluding hydrogens is 362 g/mol. The van der Waals surface area contributed by atoms with Gasteiger partial charge in [-0.05, 0) is 0 Å². The number of carbonyl (C=O) groups is 1. The summed E-state index contributed by atoms with van der Waals surface area (Å²) in [5, 5.41) is 22.6. The average molecular weight is 385 g/mol. The second kappa shape index (κ2) is 11.0. The molecule has 10 heteroatoms. The number of hydrogen-bond acceptors (Lipinski definition) is 9. The van der Waals surface area contributed by atoms with E-state index in [0.29, 0.717) is 61.8 Å². The highest BCUT2D eigenvalue weighted by atomic mass is 32.2. The van der Waals surface area contributed by atoms with Crippen LogP contribution in [-0.4, -0.2) is 84.7 Å². The lowest BCUT2D eigenvalue weighted by atomic mass is 10.3. The minimum Gasteiger partial charge on any atom is -0.506 e. The summed E-state index contributed by atoms with van der Waals surface area (Å²) in [6.07, 6.45) is 1.57. The van der Waals surface area contributed by atoms with Gasteiger partial charge in [0.1, 0.15) is 16.5 Å². The summed E-state index contributed by atoms with van der Waals surface area (Å²) in [5.74, 6) is -0.674. The van der Waals surface area contributed by atoms with Gasteiger partial charge >= 0.3 is 5.97 Å². The van der Waals surface area contributed by atoms with Gasteiger partial charge in [-0.25, -0.2) is 9.78 Å². The summed E-state index contributed by atoms with van der Waals surface area (Å²) in [6.45, 7) is 3.16. The number of nitrogens with one attached hydrogen (secondary N) is 1. The number of aromatic hydroxyl groups is 1. The summed E-state index contributed by atoms with van der Waals surface area (Å²) >= 11 is 1.27. The third-order valence-electron chi connectivity index (χ3n) is 3.39. The number of carboxylic acids is 1. The van der Waals surface area contributed by atoms with Gasteiger partial charge in [0.2, 0.25) is 0 Å². The van der Waals surface area contributed by atoms with Crippen molar-refractivity contribution in [3.63, 3.8) is 0 Å². The Hall–Kier alpha value is -1.88. The van der Waals surface area contributed by atoms with E-state index in [2.05, 4.69) is 15.3 Å². The van der Waals surface area contributed by atoms with E-state index in [0.717, 1.165) is 0 Å². The van der Waals surface area contributed by atoms with Gasteiger partial charge in [-0.1, -0.05) is 0 Å². The van der Waals surface area contributed by atoms with Gasteiger partial charge in [-0.3, -0.25) is 4.99 Å². The molecule has 0 radical (unpaired) electrons. The number of aliphatic carboxylic acids is 1. The third kappa shape index (κ3) is 6.45. The first-order valence-corrected chi connectivity index (χ1v) is 9.11. The fourth-order valence-corrected chi connectivity index (χ4v) is 3.10. The second-order valence-corrected chi connectivity index (χ2v) is 6.34. The van der Waals surface area contributed by atoms with Crippen LogP contribution in [0.15, 0.2) is 17.3 Å². The largest absolute Gasteiger partial charge is 0.506 e. The zero-order chi connectivity index (χ0) is 18.8. The molecule has 144 valence electrons. The maximum atomic E-state index is 10.9. The molecule has 2 heterocycles. The first-order chi connectivity index (χ1) is 12.6. The lowest BCUT2D eigenvalue weighted by Gasteiger charge is -2.09. The number of aliphatic imine (C=N–C) groups is 1. The Balaban J connectivity index is 1.71. The van der Waals surface area contributed by atoms with E-state index < -0.39 is 12.0 Å². The fourth-order valence-electron chi connectivity index (χ4n) is 2.08. The van der Waals surface area contributed by atoms with Crippen molar-refractivity contribution >= 4 is 28.5 Å². The topological polar surface area (TPSA) is 122 Å². The minimum atomic E-state index is -0.977. The predicted molar refractivity (Wildman–Crippen MR) is 98.3 cm³/mol.